The lowest BCUT2D eigenvalue weighted by atomic mass is 10.1. The number of nitrogens with zero attached hydrogens (tertiary/aromatic N) is 3. The number of aromatic amines is 1. The van der Waals surface area contributed by atoms with Crippen molar-refractivity contribution in [2.24, 2.45) is 0 Å². The lowest BCUT2D eigenvalue weighted by molar-refractivity contribution is 0.0303. The highest BCUT2D eigenvalue weighted by Gasteiger charge is 2.18. The fraction of sp³-hybridized carbons (Fsp3) is 0.211. The molecule has 1 fully saturated rings. The minimum Gasteiger partial charge on any atom is -0.378 e. The molecule has 0 aliphatic carbocycles. The van der Waals surface area contributed by atoms with Gasteiger partial charge < -0.3 is 14.6 Å². The molecule has 0 spiro atoms. The molecule has 2 aromatic heterocycles. The third kappa shape index (κ3) is 3.29. The number of benzene rings is 1. The van der Waals surface area contributed by atoms with Gasteiger partial charge in [-0.2, -0.15) is 0 Å². The second-order valence-corrected chi connectivity index (χ2v) is 5.86. The van der Waals surface area contributed by atoms with Gasteiger partial charge in [0.25, 0.3) is 5.91 Å². The first-order valence-corrected chi connectivity index (χ1v) is 8.24. The summed E-state index contributed by atoms with van der Waals surface area (Å²) >= 11 is 0. The van der Waals surface area contributed by atoms with Gasteiger partial charge >= 0.3 is 0 Å². The van der Waals surface area contributed by atoms with E-state index in [4.69, 9.17) is 4.74 Å². The van der Waals surface area contributed by atoms with Crippen molar-refractivity contribution in [1.82, 2.24) is 19.9 Å². The molecule has 0 bridgehead atoms. The second kappa shape index (κ2) is 6.86. The summed E-state index contributed by atoms with van der Waals surface area (Å²) in [7, 11) is 0. The molecule has 4 rings (SSSR count). The molecule has 1 aliphatic heterocycles. The van der Waals surface area contributed by atoms with Gasteiger partial charge in [-0.15, -0.1) is 0 Å². The minimum atomic E-state index is 0.0427. The number of H-pyrrole nitrogens is 1. The topological polar surface area (TPSA) is 71.1 Å². The fourth-order valence-corrected chi connectivity index (χ4v) is 2.86. The Kier molecular flexibility index (Phi) is 4.26. The Hall–Kier alpha value is -2.99. The molecular formula is C19H18N4O2. The van der Waals surface area contributed by atoms with Gasteiger partial charge in [0.1, 0.15) is 5.69 Å². The standard InChI is InChI=1S/C19H18N4O2/c24-19(23-8-10-25-11-9-23)15-5-3-14(4-6-15)17-12-20-13-18(22-17)16-2-1-7-21-16/h1-7,12-13,21H,8-11H2. The van der Waals surface area contributed by atoms with Crippen LogP contribution in [0.25, 0.3) is 22.6 Å². The monoisotopic (exact) mass is 334 g/mol. The molecular weight excluding hydrogens is 316 g/mol. The molecule has 1 aliphatic rings. The van der Waals surface area contributed by atoms with Crippen LogP contribution in [-0.2, 0) is 4.74 Å². The smallest absolute Gasteiger partial charge is 0.254 e. The van der Waals surface area contributed by atoms with Gasteiger partial charge in [0.15, 0.2) is 0 Å². The van der Waals surface area contributed by atoms with E-state index in [9.17, 15) is 4.79 Å². The molecule has 1 N–H and O–H groups in total. The Morgan fingerprint density at radius 3 is 2.52 bits per heavy atom. The Morgan fingerprint density at radius 1 is 1.04 bits per heavy atom. The molecule has 1 amide bonds. The quantitative estimate of drug-likeness (QED) is 0.799. The molecule has 3 aromatic rings. The van der Waals surface area contributed by atoms with Crippen LogP contribution in [0.1, 0.15) is 10.4 Å². The number of amides is 1. The van der Waals surface area contributed by atoms with Crippen LogP contribution >= 0.6 is 0 Å². The average molecular weight is 334 g/mol. The molecule has 0 saturated carbocycles. The van der Waals surface area contributed by atoms with E-state index in [2.05, 4.69) is 15.0 Å². The van der Waals surface area contributed by atoms with E-state index in [1.807, 2.05) is 47.5 Å². The highest BCUT2D eigenvalue weighted by Crippen LogP contribution is 2.21. The molecule has 3 heterocycles. The SMILES string of the molecule is O=C(c1ccc(-c2cncc(-c3ccc[nH]3)n2)cc1)N1CCOCC1. The van der Waals surface area contributed by atoms with Gasteiger partial charge in [-0.25, -0.2) is 4.98 Å². The molecule has 25 heavy (non-hydrogen) atoms. The Labute approximate surface area is 145 Å². The van der Waals surface area contributed by atoms with Crippen LogP contribution in [0.4, 0.5) is 0 Å². The third-order valence-corrected chi connectivity index (χ3v) is 4.23. The van der Waals surface area contributed by atoms with Crippen LogP contribution in [-0.4, -0.2) is 52.1 Å². The van der Waals surface area contributed by atoms with Crippen LogP contribution < -0.4 is 0 Å². The molecule has 0 atom stereocenters. The summed E-state index contributed by atoms with van der Waals surface area (Å²) < 4.78 is 5.29. The van der Waals surface area contributed by atoms with E-state index in [-0.39, 0.29) is 5.91 Å². The third-order valence-electron chi connectivity index (χ3n) is 4.23. The van der Waals surface area contributed by atoms with Crippen molar-refractivity contribution in [1.29, 1.82) is 0 Å². The molecule has 6 heteroatoms. The van der Waals surface area contributed by atoms with E-state index in [1.165, 1.54) is 0 Å². The summed E-state index contributed by atoms with van der Waals surface area (Å²) in [5.74, 6) is 0.0427. The summed E-state index contributed by atoms with van der Waals surface area (Å²) in [6.45, 7) is 2.49. The van der Waals surface area contributed by atoms with Crippen molar-refractivity contribution >= 4 is 5.91 Å². The maximum Gasteiger partial charge on any atom is 0.254 e. The molecule has 1 saturated heterocycles. The zero-order valence-corrected chi connectivity index (χ0v) is 13.7. The van der Waals surface area contributed by atoms with Gasteiger partial charge in [-0.3, -0.25) is 9.78 Å². The summed E-state index contributed by atoms with van der Waals surface area (Å²) in [4.78, 5) is 26.4. The lowest BCUT2D eigenvalue weighted by Crippen LogP contribution is -2.40. The van der Waals surface area contributed by atoms with E-state index >= 15 is 0 Å². The van der Waals surface area contributed by atoms with Gasteiger partial charge in [-0.1, -0.05) is 12.1 Å². The van der Waals surface area contributed by atoms with Crippen molar-refractivity contribution in [2.45, 2.75) is 0 Å². The first-order valence-electron chi connectivity index (χ1n) is 8.24. The number of carbonyl (C=O) groups is 1. The minimum absolute atomic E-state index is 0.0427. The van der Waals surface area contributed by atoms with E-state index < -0.39 is 0 Å². The molecule has 126 valence electrons. The zero-order chi connectivity index (χ0) is 17.1. The maximum atomic E-state index is 12.5. The van der Waals surface area contributed by atoms with Crippen molar-refractivity contribution in [3.63, 3.8) is 0 Å². The number of ether oxygens (including phenoxy) is 1. The highest BCUT2D eigenvalue weighted by molar-refractivity contribution is 5.94. The van der Waals surface area contributed by atoms with Crippen molar-refractivity contribution in [3.8, 4) is 22.6 Å². The number of aromatic nitrogens is 3. The second-order valence-electron chi connectivity index (χ2n) is 5.86. The average Bonchev–Trinajstić information content (AvgIpc) is 3.23. The van der Waals surface area contributed by atoms with Crippen molar-refractivity contribution in [2.75, 3.05) is 26.3 Å². The summed E-state index contributed by atoms with van der Waals surface area (Å²) in [6.07, 6.45) is 5.31. The molecule has 6 nitrogen and oxygen atoms in total. The van der Waals surface area contributed by atoms with Crippen LogP contribution in [0.3, 0.4) is 0 Å². The highest BCUT2D eigenvalue weighted by atomic mass is 16.5. The Balaban J connectivity index is 1.56. The summed E-state index contributed by atoms with van der Waals surface area (Å²) in [5.41, 5.74) is 4.10. The van der Waals surface area contributed by atoms with E-state index in [0.717, 1.165) is 22.6 Å². The van der Waals surface area contributed by atoms with Crippen LogP contribution in [0.5, 0.6) is 0 Å². The number of morpholine rings is 1. The predicted molar refractivity (Wildman–Crippen MR) is 94.0 cm³/mol. The first kappa shape index (κ1) is 15.5. The normalized spacial score (nSPS) is 14.5. The van der Waals surface area contributed by atoms with Gasteiger partial charge in [0.05, 0.1) is 37.0 Å². The Morgan fingerprint density at radius 2 is 1.80 bits per heavy atom. The van der Waals surface area contributed by atoms with Crippen molar-refractivity contribution < 1.29 is 9.53 Å². The van der Waals surface area contributed by atoms with Gasteiger partial charge in [0, 0.05) is 30.4 Å². The van der Waals surface area contributed by atoms with Crippen molar-refractivity contribution in [3.05, 3.63) is 60.6 Å². The first-order chi connectivity index (χ1) is 12.3. The van der Waals surface area contributed by atoms with Crippen LogP contribution in [0.15, 0.2) is 55.0 Å². The fourth-order valence-electron chi connectivity index (χ4n) is 2.86. The van der Waals surface area contributed by atoms with Gasteiger partial charge in [0.2, 0.25) is 0 Å². The molecule has 0 radical (unpaired) electrons. The lowest BCUT2D eigenvalue weighted by Gasteiger charge is -2.26. The summed E-state index contributed by atoms with van der Waals surface area (Å²) in [5, 5.41) is 0. The Bertz CT molecular complexity index is 853. The number of carbonyl (C=O) groups excluding carboxylic acids is 1. The van der Waals surface area contributed by atoms with E-state index in [1.54, 1.807) is 12.4 Å². The largest absolute Gasteiger partial charge is 0.378 e. The van der Waals surface area contributed by atoms with Crippen LogP contribution in [0, 0.1) is 0 Å². The zero-order valence-electron chi connectivity index (χ0n) is 13.7. The molecule has 1 aromatic carbocycles. The number of nitrogens with one attached hydrogen (secondary N) is 1. The molecule has 0 unspecified atom stereocenters. The predicted octanol–water partition coefficient (Wildman–Crippen LogP) is 2.61. The van der Waals surface area contributed by atoms with Gasteiger partial charge in [-0.05, 0) is 24.3 Å². The summed E-state index contributed by atoms with van der Waals surface area (Å²) in [6, 6.07) is 11.4. The maximum absolute atomic E-state index is 12.5. The number of rotatable bonds is 3. The number of hydrogen-bond acceptors (Lipinski definition) is 4. The van der Waals surface area contributed by atoms with Crippen LogP contribution in [0.2, 0.25) is 0 Å². The van der Waals surface area contributed by atoms with E-state index in [0.29, 0.717) is 31.9 Å². The number of hydrogen-bond donors (Lipinski definition) is 1.